The number of rotatable bonds is 5. The molecule has 1 saturated heterocycles. The van der Waals surface area contributed by atoms with Crippen LogP contribution in [0.4, 0.5) is 0 Å². The molecule has 160 valence electrons. The molecule has 7 heteroatoms. The van der Waals surface area contributed by atoms with E-state index in [0.717, 1.165) is 57.0 Å². The Morgan fingerprint density at radius 3 is 2.87 bits per heavy atom. The van der Waals surface area contributed by atoms with Crippen LogP contribution < -0.4 is 10.6 Å². The average Bonchev–Trinajstić information content (AvgIpc) is 3.25. The molecular weight excluding hydrogens is 422 g/mol. The first kappa shape index (κ1) is 20.7. The van der Waals surface area contributed by atoms with Gasteiger partial charge in [0, 0.05) is 60.2 Å². The van der Waals surface area contributed by atoms with Gasteiger partial charge in [0.15, 0.2) is 0 Å². The summed E-state index contributed by atoms with van der Waals surface area (Å²) in [4.78, 5) is 10.2. The maximum Gasteiger partial charge on any atom is 0.0901 e. The van der Waals surface area contributed by atoms with Gasteiger partial charge in [-0.15, -0.1) is 11.3 Å². The molecule has 3 aromatic rings. The Labute approximate surface area is 191 Å². The van der Waals surface area contributed by atoms with Crippen LogP contribution in [-0.4, -0.2) is 46.3 Å². The molecule has 1 fully saturated rings. The van der Waals surface area contributed by atoms with Crippen LogP contribution in [0.3, 0.4) is 0 Å². The number of hydrogen-bond donors (Lipinski definition) is 3. The highest BCUT2D eigenvalue weighted by Gasteiger charge is 2.22. The second kappa shape index (κ2) is 9.10. The zero-order chi connectivity index (χ0) is 21.2. The van der Waals surface area contributed by atoms with E-state index in [4.69, 9.17) is 10.4 Å². The minimum Gasteiger partial charge on any atom is -0.385 e. The lowest BCUT2D eigenvalue weighted by molar-refractivity contribution is 0.504. The Hall–Kier alpha value is -2.22. The normalized spacial score (nSPS) is 17.8. The van der Waals surface area contributed by atoms with Crippen molar-refractivity contribution in [3.63, 3.8) is 0 Å². The fourth-order valence-electron chi connectivity index (χ4n) is 4.34. The third-order valence-corrected chi connectivity index (χ3v) is 8.01. The van der Waals surface area contributed by atoms with Crippen LogP contribution in [0.25, 0.3) is 21.3 Å². The van der Waals surface area contributed by atoms with Crippen LogP contribution in [0.15, 0.2) is 47.9 Å². The summed E-state index contributed by atoms with van der Waals surface area (Å²) in [6, 6.07) is 8.87. The number of aryl methyl sites for hydroxylation is 1. The topological polar surface area (TPSA) is 73.7 Å². The van der Waals surface area contributed by atoms with Crippen molar-refractivity contribution in [2.75, 3.05) is 24.6 Å². The third kappa shape index (κ3) is 4.40. The highest BCUT2D eigenvalue weighted by atomic mass is 32.2. The van der Waals surface area contributed by atoms with Crippen LogP contribution >= 0.6 is 23.1 Å². The van der Waals surface area contributed by atoms with E-state index in [-0.39, 0.29) is 0 Å². The molecule has 5 nitrogen and oxygen atoms in total. The summed E-state index contributed by atoms with van der Waals surface area (Å²) in [6.45, 7) is 3.72. The fraction of sp³-hybridized carbons (Fsp3) is 0.375. The van der Waals surface area contributed by atoms with Gasteiger partial charge in [0.05, 0.1) is 21.3 Å². The van der Waals surface area contributed by atoms with Crippen molar-refractivity contribution in [2.24, 2.45) is 0 Å². The second-order valence-electron chi connectivity index (χ2n) is 8.13. The van der Waals surface area contributed by atoms with Crippen molar-refractivity contribution >= 4 is 39.6 Å². The average molecular weight is 450 g/mol. The summed E-state index contributed by atoms with van der Waals surface area (Å²) in [7, 11) is 0. The number of aromatic nitrogens is 2. The van der Waals surface area contributed by atoms with Crippen molar-refractivity contribution in [3.8, 4) is 10.6 Å². The van der Waals surface area contributed by atoms with Crippen LogP contribution in [0.5, 0.6) is 0 Å². The number of thioether (sulfide) groups is 1. The number of nitrogens with zero attached hydrogens (tertiary/aromatic N) is 2. The van der Waals surface area contributed by atoms with Crippen molar-refractivity contribution in [1.82, 2.24) is 20.6 Å². The van der Waals surface area contributed by atoms with Crippen molar-refractivity contribution in [2.45, 2.75) is 32.2 Å². The number of benzene rings is 1. The number of hydrogen-bond acceptors (Lipinski definition) is 7. The Balaban J connectivity index is 1.49. The van der Waals surface area contributed by atoms with E-state index in [1.54, 1.807) is 11.3 Å². The Bertz CT molecular complexity index is 1140. The quantitative estimate of drug-likeness (QED) is 0.490. The molecule has 3 N–H and O–H groups in total. The minimum atomic E-state index is 0.539. The highest BCUT2D eigenvalue weighted by molar-refractivity contribution is 7.99. The molecule has 0 bridgehead atoms. The molecule has 0 unspecified atom stereocenters. The van der Waals surface area contributed by atoms with Crippen molar-refractivity contribution < 1.29 is 0 Å². The standard InChI is InChI=1S/C24H27N5S2/c1-15-27-14-23(31-15)22-11-16-3-2-4-18(19(16)13-28-22)24(25)20-12-26-8-5-21(20)29-17-6-9-30-10-7-17/h2-4,11,13-14,17,25-26,29H,5-10,12H2,1H3. The number of fused-ring (bicyclic) bond motifs is 1. The summed E-state index contributed by atoms with van der Waals surface area (Å²) in [5.41, 5.74) is 4.85. The van der Waals surface area contributed by atoms with Gasteiger partial charge in [-0.2, -0.15) is 11.8 Å². The van der Waals surface area contributed by atoms with E-state index in [1.807, 2.05) is 31.1 Å². The Kier molecular flexibility index (Phi) is 6.07. The van der Waals surface area contributed by atoms with Crippen molar-refractivity contribution in [3.05, 3.63) is 58.5 Å². The molecule has 2 aromatic heterocycles. The molecule has 5 rings (SSSR count). The molecule has 2 aliphatic rings. The predicted octanol–water partition coefficient (Wildman–Crippen LogP) is 4.77. The lowest BCUT2D eigenvalue weighted by atomic mass is 9.93. The fourth-order valence-corrected chi connectivity index (χ4v) is 6.19. The number of thiazole rings is 1. The lowest BCUT2D eigenvalue weighted by Crippen LogP contribution is -2.39. The summed E-state index contributed by atoms with van der Waals surface area (Å²) in [5.74, 6) is 2.46. The zero-order valence-corrected chi connectivity index (χ0v) is 19.3. The molecule has 1 aromatic carbocycles. The molecule has 0 aliphatic carbocycles. The van der Waals surface area contributed by atoms with E-state index in [0.29, 0.717) is 11.8 Å². The first-order chi connectivity index (χ1) is 15.2. The summed E-state index contributed by atoms with van der Waals surface area (Å²) in [6.07, 6.45) is 7.19. The number of nitrogens with one attached hydrogen (secondary N) is 3. The summed E-state index contributed by atoms with van der Waals surface area (Å²) in [5, 5.41) is 19.6. The van der Waals surface area contributed by atoms with E-state index >= 15 is 0 Å². The van der Waals surface area contributed by atoms with E-state index in [1.165, 1.54) is 30.0 Å². The van der Waals surface area contributed by atoms with Gasteiger partial charge in [0.2, 0.25) is 0 Å². The highest BCUT2D eigenvalue weighted by Crippen LogP contribution is 2.29. The smallest absolute Gasteiger partial charge is 0.0901 e. The Morgan fingerprint density at radius 1 is 1.19 bits per heavy atom. The van der Waals surface area contributed by atoms with Gasteiger partial charge >= 0.3 is 0 Å². The minimum absolute atomic E-state index is 0.539. The first-order valence-electron chi connectivity index (χ1n) is 10.9. The summed E-state index contributed by atoms with van der Waals surface area (Å²) < 4.78 is 0. The van der Waals surface area contributed by atoms with Gasteiger partial charge in [-0.1, -0.05) is 18.2 Å². The molecule has 0 amide bonds. The van der Waals surface area contributed by atoms with E-state index < -0.39 is 0 Å². The van der Waals surface area contributed by atoms with Gasteiger partial charge in [-0.05, 0) is 42.7 Å². The van der Waals surface area contributed by atoms with Gasteiger partial charge in [-0.3, -0.25) is 10.4 Å². The molecule has 2 aliphatic heterocycles. The largest absolute Gasteiger partial charge is 0.385 e. The zero-order valence-electron chi connectivity index (χ0n) is 17.7. The van der Waals surface area contributed by atoms with Crippen LogP contribution in [0, 0.1) is 12.3 Å². The molecular formula is C24H27N5S2. The van der Waals surface area contributed by atoms with Crippen LogP contribution in [0.1, 0.15) is 29.8 Å². The molecule has 0 saturated carbocycles. The first-order valence-corrected chi connectivity index (χ1v) is 12.8. The predicted molar refractivity (Wildman–Crippen MR) is 132 cm³/mol. The molecule has 0 spiro atoms. The molecule has 31 heavy (non-hydrogen) atoms. The van der Waals surface area contributed by atoms with E-state index in [9.17, 15) is 0 Å². The van der Waals surface area contributed by atoms with Crippen molar-refractivity contribution in [1.29, 1.82) is 5.41 Å². The van der Waals surface area contributed by atoms with E-state index in [2.05, 4.69) is 39.9 Å². The Morgan fingerprint density at radius 2 is 2.06 bits per heavy atom. The SMILES string of the molecule is Cc1ncc(-c2cc3cccc(C(=N)C4=C(NC5CCSCC5)CCNC4)c3cn2)s1. The molecule has 0 radical (unpaired) electrons. The van der Waals surface area contributed by atoms with Crippen LogP contribution in [-0.2, 0) is 0 Å². The van der Waals surface area contributed by atoms with Gasteiger partial charge in [-0.25, -0.2) is 4.98 Å². The maximum atomic E-state index is 9.10. The van der Waals surface area contributed by atoms with Gasteiger partial charge in [0.25, 0.3) is 0 Å². The summed E-state index contributed by atoms with van der Waals surface area (Å²) >= 11 is 3.70. The molecule has 0 atom stereocenters. The second-order valence-corrected chi connectivity index (χ2v) is 10.6. The third-order valence-electron chi connectivity index (χ3n) is 6.03. The lowest BCUT2D eigenvalue weighted by Gasteiger charge is -2.30. The monoisotopic (exact) mass is 449 g/mol. The van der Waals surface area contributed by atoms with Gasteiger partial charge in [0.1, 0.15) is 0 Å². The van der Waals surface area contributed by atoms with Crippen LogP contribution in [0.2, 0.25) is 0 Å². The maximum absolute atomic E-state index is 9.10. The van der Waals surface area contributed by atoms with Gasteiger partial charge < -0.3 is 10.6 Å². The number of pyridine rings is 1. The molecule has 4 heterocycles.